The van der Waals surface area contributed by atoms with Crippen LogP contribution in [0.5, 0.6) is 0 Å². The third kappa shape index (κ3) is 2.32. The summed E-state index contributed by atoms with van der Waals surface area (Å²) in [6, 6.07) is -0.244. The van der Waals surface area contributed by atoms with Crippen molar-refractivity contribution in [2.45, 2.75) is 24.8 Å². The Hall–Kier alpha value is -0.590. The fraction of sp³-hybridized carbons (Fsp3) is 0.625. The van der Waals surface area contributed by atoms with E-state index in [1.54, 1.807) is 13.8 Å². The molecule has 0 fully saturated rings. The molecule has 0 spiro atoms. The molecular weight excluding hydrogens is 238 g/mol. The number of nitrogens with zero attached hydrogens (tertiary/aromatic N) is 2. The maximum absolute atomic E-state index is 12.0. The van der Waals surface area contributed by atoms with Gasteiger partial charge in [-0.3, -0.25) is 5.10 Å². The normalized spacial score (nSPS) is 14.5. The molecule has 0 amide bonds. The van der Waals surface area contributed by atoms with E-state index in [9.17, 15) is 8.42 Å². The molecule has 0 radical (unpaired) electrons. The number of alkyl halides is 1. The van der Waals surface area contributed by atoms with Crippen LogP contribution in [-0.4, -0.2) is 41.9 Å². The Morgan fingerprint density at radius 2 is 2.27 bits per heavy atom. The zero-order chi connectivity index (χ0) is 11.6. The van der Waals surface area contributed by atoms with E-state index >= 15 is 0 Å². The number of hydrogen-bond acceptors (Lipinski definition) is 3. The number of halogens is 1. The number of H-pyrrole nitrogens is 1. The maximum Gasteiger partial charge on any atom is 0.246 e. The summed E-state index contributed by atoms with van der Waals surface area (Å²) >= 11 is 5.62. The molecule has 1 heterocycles. The molecule has 5 nitrogen and oxygen atoms in total. The molecule has 1 rings (SSSR count). The summed E-state index contributed by atoms with van der Waals surface area (Å²) in [7, 11) is -1.97. The van der Waals surface area contributed by atoms with Gasteiger partial charge in [0.25, 0.3) is 0 Å². The van der Waals surface area contributed by atoms with Crippen LogP contribution < -0.4 is 0 Å². The Balaban J connectivity index is 3.09. The third-order valence-electron chi connectivity index (χ3n) is 2.28. The molecule has 1 N–H and O–H groups in total. The largest absolute Gasteiger partial charge is 0.281 e. The molecule has 1 atom stereocenters. The van der Waals surface area contributed by atoms with Crippen molar-refractivity contribution in [3.05, 3.63) is 11.9 Å². The third-order valence-corrected chi connectivity index (χ3v) is 4.82. The quantitative estimate of drug-likeness (QED) is 0.811. The Bertz CT molecular complexity index is 429. The van der Waals surface area contributed by atoms with Gasteiger partial charge < -0.3 is 0 Å². The Kier molecular flexibility index (Phi) is 3.75. The molecule has 1 unspecified atom stereocenters. The smallest absolute Gasteiger partial charge is 0.246 e. The highest BCUT2D eigenvalue weighted by atomic mass is 35.5. The Labute approximate surface area is 94.5 Å². The predicted octanol–water partition coefficient (Wildman–Crippen LogP) is 0.966. The molecule has 1 aromatic heterocycles. The van der Waals surface area contributed by atoms with Crippen molar-refractivity contribution in [1.29, 1.82) is 0 Å². The van der Waals surface area contributed by atoms with Gasteiger partial charge >= 0.3 is 0 Å². The zero-order valence-electron chi connectivity index (χ0n) is 8.86. The molecule has 0 saturated heterocycles. The minimum atomic E-state index is -3.48. The van der Waals surface area contributed by atoms with Gasteiger partial charge in [-0.1, -0.05) is 0 Å². The van der Waals surface area contributed by atoms with Crippen LogP contribution in [0.3, 0.4) is 0 Å². The first-order valence-electron chi connectivity index (χ1n) is 4.45. The second-order valence-electron chi connectivity index (χ2n) is 3.38. The molecule has 0 bridgehead atoms. The van der Waals surface area contributed by atoms with Gasteiger partial charge in [0.05, 0.1) is 11.9 Å². The van der Waals surface area contributed by atoms with E-state index in [1.165, 1.54) is 17.5 Å². The van der Waals surface area contributed by atoms with Gasteiger partial charge in [-0.25, -0.2) is 8.42 Å². The van der Waals surface area contributed by atoms with Crippen LogP contribution in [0, 0.1) is 6.92 Å². The molecule has 0 saturated carbocycles. The zero-order valence-corrected chi connectivity index (χ0v) is 10.4. The van der Waals surface area contributed by atoms with Crippen molar-refractivity contribution < 1.29 is 8.42 Å². The van der Waals surface area contributed by atoms with Gasteiger partial charge in [0, 0.05) is 19.0 Å². The molecular formula is C8H14ClN3O2S. The topological polar surface area (TPSA) is 66.1 Å². The van der Waals surface area contributed by atoms with E-state index in [2.05, 4.69) is 10.2 Å². The van der Waals surface area contributed by atoms with E-state index in [0.717, 1.165) is 0 Å². The van der Waals surface area contributed by atoms with Crippen LogP contribution in [0.1, 0.15) is 12.6 Å². The average Bonchev–Trinajstić information content (AvgIpc) is 2.62. The van der Waals surface area contributed by atoms with Crippen molar-refractivity contribution in [2.75, 3.05) is 12.9 Å². The van der Waals surface area contributed by atoms with Crippen molar-refractivity contribution in [1.82, 2.24) is 14.5 Å². The number of sulfonamides is 1. The van der Waals surface area contributed by atoms with Crippen molar-refractivity contribution in [3.63, 3.8) is 0 Å². The lowest BCUT2D eigenvalue weighted by Crippen LogP contribution is -2.36. The van der Waals surface area contributed by atoms with Crippen molar-refractivity contribution in [2.24, 2.45) is 0 Å². The van der Waals surface area contributed by atoms with E-state index < -0.39 is 10.0 Å². The van der Waals surface area contributed by atoms with Crippen LogP contribution >= 0.6 is 11.6 Å². The molecule has 15 heavy (non-hydrogen) atoms. The number of rotatable bonds is 4. The summed E-state index contributed by atoms with van der Waals surface area (Å²) in [6.07, 6.45) is 1.31. The summed E-state index contributed by atoms with van der Waals surface area (Å²) in [6.45, 7) is 3.42. The van der Waals surface area contributed by atoms with Crippen LogP contribution in [0.25, 0.3) is 0 Å². The summed E-state index contributed by atoms with van der Waals surface area (Å²) in [5.74, 6) is 0.257. The van der Waals surface area contributed by atoms with E-state index in [4.69, 9.17) is 11.6 Å². The van der Waals surface area contributed by atoms with Crippen LogP contribution in [0.4, 0.5) is 0 Å². The van der Waals surface area contributed by atoms with Gasteiger partial charge in [-0.2, -0.15) is 9.40 Å². The van der Waals surface area contributed by atoms with E-state index in [-0.39, 0.29) is 16.8 Å². The van der Waals surface area contributed by atoms with Crippen molar-refractivity contribution in [3.8, 4) is 0 Å². The SMILES string of the molecule is Cc1[nH]ncc1S(=O)(=O)N(C)C(C)CCl. The number of hydrogen-bond donors (Lipinski definition) is 1. The van der Waals surface area contributed by atoms with Gasteiger partial charge in [-0.15, -0.1) is 11.6 Å². The minimum absolute atomic E-state index is 0.196. The highest BCUT2D eigenvalue weighted by Gasteiger charge is 2.27. The van der Waals surface area contributed by atoms with Gasteiger partial charge in [0.1, 0.15) is 4.90 Å². The van der Waals surface area contributed by atoms with E-state index in [1.807, 2.05) is 0 Å². The van der Waals surface area contributed by atoms with Crippen LogP contribution in [0.15, 0.2) is 11.1 Å². The lowest BCUT2D eigenvalue weighted by Gasteiger charge is -2.21. The highest BCUT2D eigenvalue weighted by molar-refractivity contribution is 7.89. The monoisotopic (exact) mass is 251 g/mol. The summed E-state index contributed by atoms with van der Waals surface area (Å²) in [4.78, 5) is 0.196. The van der Waals surface area contributed by atoms with Crippen LogP contribution in [0.2, 0.25) is 0 Å². The van der Waals surface area contributed by atoms with Crippen molar-refractivity contribution >= 4 is 21.6 Å². The summed E-state index contributed by atoms with van der Waals surface area (Å²) < 4.78 is 25.3. The standard InChI is InChI=1S/C8H14ClN3O2S/c1-6(4-9)12(3)15(13,14)8-5-10-11-7(8)2/h5-6H,4H2,1-3H3,(H,10,11). The highest BCUT2D eigenvalue weighted by Crippen LogP contribution is 2.18. The Morgan fingerprint density at radius 3 is 2.67 bits per heavy atom. The molecule has 0 aromatic carbocycles. The predicted molar refractivity (Wildman–Crippen MR) is 58.5 cm³/mol. The van der Waals surface area contributed by atoms with E-state index in [0.29, 0.717) is 5.69 Å². The molecule has 0 aliphatic heterocycles. The number of nitrogens with one attached hydrogen (secondary N) is 1. The first-order chi connectivity index (χ1) is 6.91. The number of aromatic amines is 1. The first kappa shape index (κ1) is 12.5. The lowest BCUT2D eigenvalue weighted by atomic mass is 10.4. The molecule has 0 aliphatic rings. The average molecular weight is 252 g/mol. The van der Waals surface area contributed by atoms with Gasteiger partial charge in [0.15, 0.2) is 0 Å². The maximum atomic E-state index is 12.0. The van der Waals surface area contributed by atoms with Gasteiger partial charge in [0.2, 0.25) is 10.0 Å². The second kappa shape index (κ2) is 4.51. The Morgan fingerprint density at radius 1 is 1.67 bits per heavy atom. The van der Waals surface area contributed by atoms with Gasteiger partial charge in [-0.05, 0) is 13.8 Å². The van der Waals surface area contributed by atoms with Crippen LogP contribution in [-0.2, 0) is 10.0 Å². The minimum Gasteiger partial charge on any atom is -0.281 e. The molecule has 7 heteroatoms. The number of aryl methyl sites for hydroxylation is 1. The lowest BCUT2D eigenvalue weighted by molar-refractivity contribution is 0.413. The summed E-state index contributed by atoms with van der Waals surface area (Å²) in [5.41, 5.74) is 0.531. The molecule has 86 valence electrons. The fourth-order valence-corrected chi connectivity index (χ4v) is 2.85. The second-order valence-corrected chi connectivity index (χ2v) is 5.66. The number of aromatic nitrogens is 2. The molecule has 1 aromatic rings. The first-order valence-corrected chi connectivity index (χ1v) is 6.42. The molecule has 0 aliphatic carbocycles. The summed E-state index contributed by atoms with van der Waals surface area (Å²) in [5, 5.41) is 6.29. The fourth-order valence-electron chi connectivity index (χ4n) is 1.09.